The third-order valence-corrected chi connectivity index (χ3v) is 9.25. The molecule has 2 fully saturated rings. The van der Waals surface area contributed by atoms with Crippen LogP contribution in [-0.2, 0) is 21.3 Å². The topological polar surface area (TPSA) is 145 Å². The van der Waals surface area contributed by atoms with Gasteiger partial charge in [-0.15, -0.1) is 0 Å². The van der Waals surface area contributed by atoms with Gasteiger partial charge in [0.05, 0.1) is 29.3 Å². The maximum atomic E-state index is 13.8. The summed E-state index contributed by atoms with van der Waals surface area (Å²) in [6.45, 7) is 4.23. The number of ether oxygens (including phenoxy) is 1. The Balaban J connectivity index is 1.32. The van der Waals surface area contributed by atoms with Crippen molar-refractivity contribution in [3.63, 3.8) is 0 Å². The number of rotatable bonds is 11. The summed E-state index contributed by atoms with van der Waals surface area (Å²) in [6, 6.07) is 10.1. The van der Waals surface area contributed by atoms with E-state index in [1.165, 1.54) is 13.4 Å². The second kappa shape index (κ2) is 11.2. The fourth-order valence-corrected chi connectivity index (χ4v) is 6.40. The molecule has 0 radical (unpaired) electrons. The normalized spacial score (nSPS) is 17.3. The van der Waals surface area contributed by atoms with Crippen LogP contribution in [0.1, 0.15) is 25.0 Å². The first-order valence-corrected chi connectivity index (χ1v) is 15.4. The molecular weight excluding hydrogens is 544 g/mol. The predicted molar refractivity (Wildman–Crippen MR) is 158 cm³/mol. The Kier molecular flexibility index (Phi) is 7.49. The molecule has 1 unspecified atom stereocenters. The number of nitrogens with one attached hydrogen (secondary N) is 3. The van der Waals surface area contributed by atoms with Gasteiger partial charge >= 0.3 is 0 Å². The number of hydrogen-bond acceptors (Lipinski definition) is 10. The number of pyridine rings is 1. The summed E-state index contributed by atoms with van der Waals surface area (Å²) < 4.78 is 33.3. The van der Waals surface area contributed by atoms with Crippen molar-refractivity contribution in [2.45, 2.75) is 38.8 Å². The van der Waals surface area contributed by atoms with E-state index in [1.54, 1.807) is 23.8 Å². The van der Waals surface area contributed by atoms with Crippen molar-refractivity contribution in [1.29, 1.82) is 0 Å². The highest BCUT2D eigenvalue weighted by Crippen LogP contribution is 2.32. The minimum Gasteiger partial charge on any atom is -0.384 e. The molecule has 0 spiro atoms. The van der Waals surface area contributed by atoms with Gasteiger partial charge in [0, 0.05) is 49.2 Å². The highest BCUT2D eigenvalue weighted by Gasteiger charge is 2.26. The van der Waals surface area contributed by atoms with Crippen LogP contribution in [0.15, 0.2) is 47.7 Å². The minimum absolute atomic E-state index is 0.0619. The molecule has 1 aliphatic heterocycles. The second-order valence-corrected chi connectivity index (χ2v) is 12.7. The van der Waals surface area contributed by atoms with Crippen molar-refractivity contribution in [3.05, 3.63) is 58.9 Å². The summed E-state index contributed by atoms with van der Waals surface area (Å²) in [7, 11) is -2.23. The van der Waals surface area contributed by atoms with Crippen LogP contribution in [0.25, 0.3) is 22.3 Å². The van der Waals surface area contributed by atoms with E-state index >= 15 is 0 Å². The smallest absolute Gasteiger partial charge is 0.261 e. The van der Waals surface area contributed by atoms with E-state index in [0.717, 1.165) is 47.7 Å². The molecule has 13 heteroatoms. The van der Waals surface area contributed by atoms with E-state index in [0.29, 0.717) is 52.4 Å². The average Bonchev–Trinajstić information content (AvgIpc) is 3.47. The second-order valence-electron chi connectivity index (χ2n) is 10.7. The van der Waals surface area contributed by atoms with Crippen LogP contribution >= 0.6 is 0 Å². The molecule has 216 valence electrons. The zero-order valence-electron chi connectivity index (χ0n) is 23.1. The summed E-state index contributed by atoms with van der Waals surface area (Å²) in [4.78, 5) is 27.4. The molecule has 0 bridgehead atoms. The van der Waals surface area contributed by atoms with E-state index < -0.39 is 10.0 Å². The van der Waals surface area contributed by atoms with Gasteiger partial charge in [0.2, 0.25) is 16.0 Å². The fraction of sp³-hybridized carbons (Fsp3) is 0.429. The quantitative estimate of drug-likeness (QED) is 0.243. The Hall–Kier alpha value is -3.81. The standard InChI is InChI=1S/C28H34N8O4S/c1-18-25(31-17-36(18)41(38,39)12-11-40-2)24-13-20-14-30-28(34-26(20)35(27(24)37)16-19-3-4-19)33-22-7-5-21(6-8-22)32-23-9-10-29-15-23/h5-8,13-14,17,19,23,29,32H,3-4,9-12,15-16H2,1-2H3,(H,30,33,34). The summed E-state index contributed by atoms with van der Waals surface area (Å²) in [5.41, 5.74) is 3.18. The third kappa shape index (κ3) is 5.83. The number of aromatic nitrogens is 5. The summed E-state index contributed by atoms with van der Waals surface area (Å²) in [5.74, 6) is 0.602. The molecule has 1 saturated carbocycles. The first-order valence-electron chi connectivity index (χ1n) is 13.8. The molecule has 1 atom stereocenters. The monoisotopic (exact) mass is 578 g/mol. The van der Waals surface area contributed by atoms with E-state index in [-0.39, 0.29) is 17.9 Å². The number of methoxy groups -OCH3 is 1. The van der Waals surface area contributed by atoms with Crippen LogP contribution in [0.3, 0.4) is 0 Å². The lowest BCUT2D eigenvalue weighted by molar-refractivity contribution is 0.217. The lowest BCUT2D eigenvalue weighted by atomic mass is 10.1. The van der Waals surface area contributed by atoms with Crippen LogP contribution in [0.5, 0.6) is 0 Å². The van der Waals surface area contributed by atoms with Gasteiger partial charge in [0.25, 0.3) is 5.56 Å². The largest absolute Gasteiger partial charge is 0.384 e. The number of nitrogens with zero attached hydrogens (tertiary/aromatic N) is 5. The molecule has 6 rings (SSSR count). The summed E-state index contributed by atoms with van der Waals surface area (Å²) in [5, 5.41) is 10.8. The molecule has 1 aliphatic carbocycles. The van der Waals surface area contributed by atoms with Crippen molar-refractivity contribution in [1.82, 2.24) is 28.8 Å². The van der Waals surface area contributed by atoms with Gasteiger partial charge in [-0.05, 0) is 69.0 Å². The van der Waals surface area contributed by atoms with Crippen molar-refractivity contribution in [2.24, 2.45) is 5.92 Å². The van der Waals surface area contributed by atoms with E-state index in [1.807, 2.05) is 24.3 Å². The fourth-order valence-electron chi connectivity index (χ4n) is 5.14. The van der Waals surface area contributed by atoms with E-state index in [4.69, 9.17) is 9.72 Å². The first-order chi connectivity index (χ1) is 19.8. The van der Waals surface area contributed by atoms with Crippen molar-refractivity contribution in [2.75, 3.05) is 43.2 Å². The Morgan fingerprint density at radius 2 is 1.90 bits per heavy atom. The molecular formula is C28H34N8O4S. The Morgan fingerprint density at radius 1 is 1.12 bits per heavy atom. The number of fused-ring (bicyclic) bond motifs is 1. The summed E-state index contributed by atoms with van der Waals surface area (Å²) >= 11 is 0. The molecule has 4 aromatic rings. The molecule has 2 aliphatic rings. The van der Waals surface area contributed by atoms with E-state index in [2.05, 4.69) is 25.9 Å². The van der Waals surface area contributed by atoms with Crippen molar-refractivity contribution >= 4 is 38.4 Å². The lowest BCUT2D eigenvalue weighted by Gasteiger charge is -2.14. The van der Waals surface area contributed by atoms with Crippen LogP contribution in [0, 0.1) is 12.8 Å². The average molecular weight is 579 g/mol. The molecule has 1 saturated heterocycles. The number of benzene rings is 1. The van der Waals surface area contributed by atoms with Gasteiger partial charge in [-0.25, -0.2) is 22.4 Å². The van der Waals surface area contributed by atoms with Crippen LogP contribution in [0.4, 0.5) is 17.3 Å². The summed E-state index contributed by atoms with van der Waals surface area (Å²) in [6.07, 6.45) is 6.14. The highest BCUT2D eigenvalue weighted by atomic mass is 32.2. The lowest BCUT2D eigenvalue weighted by Crippen LogP contribution is -2.25. The molecule has 0 amide bonds. The van der Waals surface area contributed by atoms with Crippen LogP contribution in [0.2, 0.25) is 0 Å². The zero-order valence-corrected chi connectivity index (χ0v) is 23.9. The number of anilines is 3. The van der Waals surface area contributed by atoms with Gasteiger partial charge in [-0.1, -0.05) is 0 Å². The van der Waals surface area contributed by atoms with Gasteiger partial charge in [0.15, 0.2) is 0 Å². The number of imidazole rings is 1. The third-order valence-electron chi connectivity index (χ3n) is 7.60. The van der Waals surface area contributed by atoms with Gasteiger partial charge in [-0.2, -0.15) is 4.98 Å². The number of hydrogen-bond donors (Lipinski definition) is 3. The Labute approximate surface area is 238 Å². The van der Waals surface area contributed by atoms with Gasteiger partial charge in [-0.3, -0.25) is 9.36 Å². The Bertz CT molecular complexity index is 1720. The van der Waals surface area contributed by atoms with Crippen LogP contribution in [-0.4, -0.2) is 70.5 Å². The molecule has 1 aromatic carbocycles. The highest BCUT2D eigenvalue weighted by molar-refractivity contribution is 7.89. The maximum absolute atomic E-state index is 13.8. The van der Waals surface area contributed by atoms with Crippen LogP contribution < -0.4 is 21.5 Å². The maximum Gasteiger partial charge on any atom is 0.261 e. The minimum atomic E-state index is -3.68. The molecule has 12 nitrogen and oxygen atoms in total. The SMILES string of the molecule is COCCS(=O)(=O)n1cnc(-c2cc3cnc(Nc4ccc(NC5CCNC5)cc4)nc3n(CC3CC3)c2=O)c1C. The van der Waals surface area contributed by atoms with Gasteiger partial charge < -0.3 is 20.7 Å². The molecule has 3 N–H and O–H groups in total. The molecule has 4 heterocycles. The molecule has 41 heavy (non-hydrogen) atoms. The van der Waals surface area contributed by atoms with E-state index in [9.17, 15) is 13.2 Å². The zero-order chi connectivity index (χ0) is 28.6. The van der Waals surface area contributed by atoms with Crippen molar-refractivity contribution < 1.29 is 13.2 Å². The predicted octanol–water partition coefficient (Wildman–Crippen LogP) is 2.72. The first kappa shape index (κ1) is 27.4. The Morgan fingerprint density at radius 3 is 2.61 bits per heavy atom. The van der Waals surface area contributed by atoms with Gasteiger partial charge in [0.1, 0.15) is 12.0 Å². The molecule has 3 aromatic heterocycles. The van der Waals surface area contributed by atoms with Crippen molar-refractivity contribution in [3.8, 4) is 11.3 Å².